The second-order valence-electron chi connectivity index (χ2n) is 5.92. The number of carboxylic acids is 1. The van der Waals surface area contributed by atoms with Gasteiger partial charge in [-0.3, -0.25) is 4.79 Å². The number of allylic oxidation sites excluding steroid dienone is 1. The molecule has 0 aromatic rings. The molecule has 1 fully saturated rings. The van der Waals surface area contributed by atoms with Crippen LogP contribution >= 0.6 is 0 Å². The lowest BCUT2D eigenvalue weighted by atomic mass is 9.65. The Morgan fingerprint density at radius 3 is 2.62 bits per heavy atom. The van der Waals surface area contributed by atoms with Crippen LogP contribution in [-0.4, -0.2) is 11.1 Å². The predicted molar refractivity (Wildman–Crippen MR) is 66.3 cm³/mol. The molecule has 1 saturated carbocycles. The Balaban J connectivity index is 2.72. The minimum Gasteiger partial charge on any atom is -0.481 e. The fourth-order valence-corrected chi connectivity index (χ4v) is 2.79. The number of hydrogen-bond acceptors (Lipinski definition) is 1. The van der Waals surface area contributed by atoms with Gasteiger partial charge in [0.25, 0.3) is 0 Å². The van der Waals surface area contributed by atoms with Crippen molar-refractivity contribution in [3.05, 3.63) is 12.2 Å². The topological polar surface area (TPSA) is 37.3 Å². The molecule has 0 aromatic carbocycles. The molecule has 2 unspecified atom stereocenters. The van der Waals surface area contributed by atoms with Crippen molar-refractivity contribution in [2.75, 3.05) is 0 Å². The molecule has 0 spiro atoms. The van der Waals surface area contributed by atoms with Crippen molar-refractivity contribution in [3.63, 3.8) is 0 Å². The molecule has 1 N–H and O–H groups in total. The van der Waals surface area contributed by atoms with Crippen molar-refractivity contribution >= 4 is 5.97 Å². The summed E-state index contributed by atoms with van der Waals surface area (Å²) < 4.78 is 0. The number of rotatable bonds is 4. The molecule has 1 aliphatic rings. The summed E-state index contributed by atoms with van der Waals surface area (Å²) in [6.45, 7) is 10.6. The number of hydrogen-bond donors (Lipinski definition) is 1. The summed E-state index contributed by atoms with van der Waals surface area (Å²) in [6.07, 6.45) is 4.71. The van der Waals surface area contributed by atoms with E-state index in [1.165, 1.54) is 5.57 Å². The van der Waals surface area contributed by atoms with E-state index >= 15 is 0 Å². The maximum absolute atomic E-state index is 11.2. The first-order valence-corrected chi connectivity index (χ1v) is 6.25. The molecule has 0 saturated heterocycles. The third-order valence-electron chi connectivity index (χ3n) is 3.88. The Morgan fingerprint density at radius 1 is 1.50 bits per heavy atom. The SMILES string of the molecule is C=C(CC)CC1CC(C)(C)CCC1C(=O)O. The molecule has 16 heavy (non-hydrogen) atoms. The summed E-state index contributed by atoms with van der Waals surface area (Å²) in [7, 11) is 0. The van der Waals surface area contributed by atoms with Crippen molar-refractivity contribution in [1.29, 1.82) is 0 Å². The zero-order valence-corrected chi connectivity index (χ0v) is 10.8. The van der Waals surface area contributed by atoms with Crippen LogP contribution in [0.4, 0.5) is 0 Å². The molecule has 0 radical (unpaired) electrons. The van der Waals surface area contributed by atoms with E-state index in [-0.39, 0.29) is 11.8 Å². The van der Waals surface area contributed by atoms with Crippen LogP contribution in [0.1, 0.15) is 52.9 Å². The van der Waals surface area contributed by atoms with Crippen molar-refractivity contribution < 1.29 is 9.90 Å². The molecule has 0 bridgehead atoms. The Labute approximate surface area is 98.7 Å². The smallest absolute Gasteiger partial charge is 0.306 e. The average Bonchev–Trinajstić information content (AvgIpc) is 2.15. The Morgan fingerprint density at radius 2 is 2.12 bits per heavy atom. The Kier molecular flexibility index (Phi) is 4.17. The van der Waals surface area contributed by atoms with Gasteiger partial charge in [-0.15, -0.1) is 0 Å². The van der Waals surface area contributed by atoms with Gasteiger partial charge in [0, 0.05) is 0 Å². The van der Waals surface area contributed by atoms with Gasteiger partial charge in [0.15, 0.2) is 0 Å². The molecular weight excluding hydrogens is 200 g/mol. The highest BCUT2D eigenvalue weighted by Gasteiger charge is 2.38. The van der Waals surface area contributed by atoms with E-state index in [4.69, 9.17) is 0 Å². The molecule has 1 aliphatic carbocycles. The molecule has 2 atom stereocenters. The summed E-state index contributed by atoms with van der Waals surface area (Å²) in [5.41, 5.74) is 1.49. The fraction of sp³-hybridized carbons (Fsp3) is 0.786. The van der Waals surface area contributed by atoms with Gasteiger partial charge >= 0.3 is 5.97 Å². The largest absolute Gasteiger partial charge is 0.481 e. The van der Waals surface area contributed by atoms with Gasteiger partial charge < -0.3 is 5.11 Å². The molecule has 92 valence electrons. The van der Waals surface area contributed by atoms with Gasteiger partial charge in [0.2, 0.25) is 0 Å². The van der Waals surface area contributed by atoms with Crippen LogP contribution in [0, 0.1) is 17.3 Å². The zero-order valence-electron chi connectivity index (χ0n) is 10.8. The molecule has 0 heterocycles. The highest BCUT2D eigenvalue weighted by atomic mass is 16.4. The Bertz CT molecular complexity index is 278. The van der Waals surface area contributed by atoms with Crippen LogP contribution in [0.2, 0.25) is 0 Å². The zero-order chi connectivity index (χ0) is 12.3. The first-order chi connectivity index (χ1) is 7.35. The minimum atomic E-state index is -0.621. The van der Waals surface area contributed by atoms with Gasteiger partial charge in [0.1, 0.15) is 0 Å². The lowest BCUT2D eigenvalue weighted by molar-refractivity contribution is -0.146. The summed E-state index contributed by atoms with van der Waals surface area (Å²) in [5.74, 6) is -0.491. The van der Waals surface area contributed by atoms with E-state index in [0.717, 1.165) is 32.1 Å². The standard InChI is InChI=1S/C14H24O2/c1-5-10(2)8-11-9-14(3,4)7-6-12(11)13(15)16/h11-12H,2,5-9H2,1,3-4H3,(H,15,16). The van der Waals surface area contributed by atoms with E-state index in [1.807, 2.05) is 0 Å². The maximum Gasteiger partial charge on any atom is 0.306 e. The molecule has 1 rings (SSSR count). The van der Waals surface area contributed by atoms with E-state index in [0.29, 0.717) is 5.41 Å². The van der Waals surface area contributed by atoms with Gasteiger partial charge in [-0.05, 0) is 43.4 Å². The maximum atomic E-state index is 11.2. The third-order valence-corrected chi connectivity index (χ3v) is 3.88. The van der Waals surface area contributed by atoms with Gasteiger partial charge in [-0.2, -0.15) is 0 Å². The Hall–Kier alpha value is -0.790. The molecule has 2 nitrogen and oxygen atoms in total. The normalized spacial score (nSPS) is 28.7. The monoisotopic (exact) mass is 224 g/mol. The van der Waals surface area contributed by atoms with Crippen LogP contribution in [-0.2, 0) is 4.79 Å². The first-order valence-electron chi connectivity index (χ1n) is 6.25. The van der Waals surface area contributed by atoms with Gasteiger partial charge in [-0.1, -0.05) is 32.9 Å². The molecular formula is C14H24O2. The van der Waals surface area contributed by atoms with Crippen molar-refractivity contribution in [2.24, 2.45) is 17.3 Å². The van der Waals surface area contributed by atoms with Crippen molar-refractivity contribution in [3.8, 4) is 0 Å². The number of carbonyl (C=O) groups is 1. The number of carboxylic acid groups (broad SMARTS) is 1. The molecule has 0 aliphatic heterocycles. The summed E-state index contributed by atoms with van der Waals surface area (Å²) in [5, 5.41) is 9.23. The first kappa shape index (κ1) is 13.3. The molecule has 0 aromatic heterocycles. The van der Waals surface area contributed by atoms with E-state index in [2.05, 4.69) is 27.4 Å². The lowest BCUT2D eigenvalue weighted by Gasteiger charge is -2.39. The van der Waals surface area contributed by atoms with Crippen LogP contribution in [0.25, 0.3) is 0 Å². The summed E-state index contributed by atoms with van der Waals surface area (Å²) >= 11 is 0. The van der Waals surface area contributed by atoms with Crippen LogP contribution in [0.15, 0.2) is 12.2 Å². The highest BCUT2D eigenvalue weighted by Crippen LogP contribution is 2.44. The fourth-order valence-electron chi connectivity index (χ4n) is 2.79. The van der Waals surface area contributed by atoms with Gasteiger partial charge in [0.05, 0.1) is 5.92 Å². The lowest BCUT2D eigenvalue weighted by Crippen LogP contribution is -2.34. The van der Waals surface area contributed by atoms with Crippen molar-refractivity contribution in [1.82, 2.24) is 0 Å². The highest BCUT2D eigenvalue weighted by molar-refractivity contribution is 5.70. The quantitative estimate of drug-likeness (QED) is 0.736. The van der Waals surface area contributed by atoms with E-state index < -0.39 is 5.97 Å². The van der Waals surface area contributed by atoms with E-state index in [1.54, 1.807) is 0 Å². The van der Waals surface area contributed by atoms with Crippen LogP contribution in [0.5, 0.6) is 0 Å². The second kappa shape index (κ2) is 5.03. The summed E-state index contributed by atoms with van der Waals surface area (Å²) in [4.78, 5) is 11.2. The second-order valence-corrected chi connectivity index (χ2v) is 5.92. The average molecular weight is 224 g/mol. The van der Waals surface area contributed by atoms with Gasteiger partial charge in [-0.25, -0.2) is 0 Å². The van der Waals surface area contributed by atoms with Crippen molar-refractivity contribution in [2.45, 2.75) is 52.9 Å². The van der Waals surface area contributed by atoms with Crippen LogP contribution in [0.3, 0.4) is 0 Å². The minimum absolute atomic E-state index is 0.156. The third kappa shape index (κ3) is 3.36. The summed E-state index contributed by atoms with van der Waals surface area (Å²) in [6, 6.07) is 0. The number of aliphatic carboxylic acids is 1. The predicted octanol–water partition coefficient (Wildman–Crippen LogP) is 3.87. The van der Waals surface area contributed by atoms with Crippen LogP contribution < -0.4 is 0 Å². The van der Waals surface area contributed by atoms with E-state index in [9.17, 15) is 9.90 Å². The molecule has 0 amide bonds. The molecule has 2 heteroatoms.